The lowest BCUT2D eigenvalue weighted by atomic mass is 9.99. The lowest BCUT2D eigenvalue weighted by Crippen LogP contribution is -1.93. The largest absolute Gasteiger partial charge is 0.269 e. The van der Waals surface area contributed by atoms with Gasteiger partial charge in [0.2, 0.25) is 0 Å². The third kappa shape index (κ3) is 2.61. The van der Waals surface area contributed by atoms with E-state index in [1.165, 1.54) is 36.4 Å². The summed E-state index contributed by atoms with van der Waals surface area (Å²) in [6.07, 6.45) is 0. The fourth-order valence-corrected chi connectivity index (χ4v) is 1.85. The van der Waals surface area contributed by atoms with Crippen molar-refractivity contribution in [2.45, 2.75) is 6.67 Å². The molecule has 0 aliphatic rings. The van der Waals surface area contributed by atoms with E-state index >= 15 is 0 Å². The van der Waals surface area contributed by atoms with Crippen LogP contribution in [-0.4, -0.2) is 9.85 Å². The molecule has 0 spiro atoms. The molecule has 0 unspecified atom stereocenters. The fourth-order valence-electron chi connectivity index (χ4n) is 1.85. The van der Waals surface area contributed by atoms with Crippen LogP contribution >= 0.6 is 0 Å². The molecule has 0 amide bonds. The molecular formula is C13H9FN2O4. The molecule has 0 bridgehead atoms. The molecule has 0 aliphatic heterocycles. The number of non-ortho nitro benzene ring substituents is 2. The number of nitro benzene ring substituents is 2. The average Bonchev–Trinajstić information content (AvgIpc) is 2.46. The number of hydrogen-bond acceptors (Lipinski definition) is 4. The predicted octanol–water partition coefficient (Wildman–Crippen LogP) is 3.64. The lowest BCUT2D eigenvalue weighted by Gasteiger charge is -2.06. The molecule has 7 heteroatoms. The van der Waals surface area contributed by atoms with Gasteiger partial charge >= 0.3 is 0 Å². The molecule has 0 saturated heterocycles. The number of nitrogens with zero attached hydrogens (tertiary/aromatic N) is 2. The Morgan fingerprint density at radius 3 is 1.95 bits per heavy atom. The van der Waals surface area contributed by atoms with Gasteiger partial charge < -0.3 is 0 Å². The van der Waals surface area contributed by atoms with Gasteiger partial charge in [0.15, 0.2) is 0 Å². The maximum Gasteiger partial charge on any atom is 0.269 e. The monoisotopic (exact) mass is 276 g/mol. The maximum atomic E-state index is 13.0. The number of benzene rings is 2. The SMILES string of the molecule is O=[N+]([O-])c1ccc(-c2ccc([N+](=O)[O-])cc2CF)cc1. The Hall–Kier alpha value is -2.83. The van der Waals surface area contributed by atoms with Gasteiger partial charge in [-0.25, -0.2) is 4.39 Å². The van der Waals surface area contributed by atoms with Crippen molar-refractivity contribution in [1.29, 1.82) is 0 Å². The van der Waals surface area contributed by atoms with Gasteiger partial charge in [-0.2, -0.15) is 0 Å². The third-order valence-electron chi connectivity index (χ3n) is 2.83. The van der Waals surface area contributed by atoms with E-state index < -0.39 is 16.5 Å². The number of halogens is 1. The zero-order valence-corrected chi connectivity index (χ0v) is 10.2. The number of nitro groups is 2. The second-order valence-electron chi connectivity index (χ2n) is 4.04. The molecule has 0 fully saturated rings. The fraction of sp³-hybridized carbons (Fsp3) is 0.0769. The second-order valence-corrected chi connectivity index (χ2v) is 4.04. The first kappa shape index (κ1) is 13.6. The Kier molecular flexibility index (Phi) is 3.69. The van der Waals surface area contributed by atoms with E-state index in [-0.39, 0.29) is 16.9 Å². The van der Waals surface area contributed by atoms with Crippen molar-refractivity contribution < 1.29 is 14.2 Å². The van der Waals surface area contributed by atoms with Crippen molar-refractivity contribution in [3.63, 3.8) is 0 Å². The van der Waals surface area contributed by atoms with Crippen LogP contribution in [0.4, 0.5) is 15.8 Å². The van der Waals surface area contributed by atoms with Crippen molar-refractivity contribution in [1.82, 2.24) is 0 Å². The zero-order chi connectivity index (χ0) is 14.7. The summed E-state index contributed by atoms with van der Waals surface area (Å²) < 4.78 is 13.0. The molecule has 0 saturated carbocycles. The third-order valence-corrected chi connectivity index (χ3v) is 2.83. The van der Waals surface area contributed by atoms with Gasteiger partial charge in [-0.3, -0.25) is 20.2 Å². The van der Waals surface area contributed by atoms with Crippen molar-refractivity contribution in [3.8, 4) is 11.1 Å². The van der Waals surface area contributed by atoms with Crippen molar-refractivity contribution >= 4 is 11.4 Å². The Bertz CT molecular complexity index is 671. The van der Waals surface area contributed by atoms with Crippen LogP contribution in [0, 0.1) is 20.2 Å². The van der Waals surface area contributed by atoms with Crippen molar-refractivity contribution in [2.24, 2.45) is 0 Å². The van der Waals surface area contributed by atoms with Crippen LogP contribution in [0.3, 0.4) is 0 Å². The molecule has 0 aromatic heterocycles. The number of alkyl halides is 1. The smallest absolute Gasteiger partial charge is 0.258 e. The van der Waals surface area contributed by atoms with Crippen LogP contribution in [0.25, 0.3) is 11.1 Å². The van der Waals surface area contributed by atoms with E-state index in [0.717, 1.165) is 6.07 Å². The highest BCUT2D eigenvalue weighted by molar-refractivity contribution is 5.69. The molecule has 2 aromatic rings. The molecular weight excluding hydrogens is 267 g/mol. The Balaban J connectivity index is 2.46. The maximum absolute atomic E-state index is 13.0. The van der Waals surface area contributed by atoms with E-state index in [1.54, 1.807) is 0 Å². The summed E-state index contributed by atoms with van der Waals surface area (Å²) in [7, 11) is 0. The van der Waals surface area contributed by atoms with Gasteiger partial charge in [-0.05, 0) is 34.9 Å². The summed E-state index contributed by atoms with van der Waals surface area (Å²) in [5.74, 6) is 0. The summed E-state index contributed by atoms with van der Waals surface area (Å²) in [6.45, 7) is -0.853. The van der Waals surface area contributed by atoms with E-state index in [1.807, 2.05) is 0 Å². The minimum absolute atomic E-state index is 0.0718. The summed E-state index contributed by atoms with van der Waals surface area (Å²) in [5.41, 5.74) is 0.958. The summed E-state index contributed by atoms with van der Waals surface area (Å²) in [5, 5.41) is 21.2. The molecule has 0 N–H and O–H groups in total. The molecule has 20 heavy (non-hydrogen) atoms. The predicted molar refractivity (Wildman–Crippen MR) is 70.0 cm³/mol. The van der Waals surface area contributed by atoms with E-state index in [4.69, 9.17) is 0 Å². The Morgan fingerprint density at radius 2 is 1.45 bits per heavy atom. The van der Waals surface area contributed by atoms with Gasteiger partial charge in [0.25, 0.3) is 11.4 Å². The first-order valence-electron chi connectivity index (χ1n) is 5.61. The first-order valence-corrected chi connectivity index (χ1v) is 5.61. The topological polar surface area (TPSA) is 86.3 Å². The van der Waals surface area contributed by atoms with Crippen LogP contribution in [0.2, 0.25) is 0 Å². The highest BCUT2D eigenvalue weighted by atomic mass is 19.1. The standard InChI is InChI=1S/C13H9FN2O4/c14-8-10-7-12(16(19)20)5-6-13(10)9-1-3-11(4-2-9)15(17)18/h1-7H,8H2. The van der Waals surface area contributed by atoms with Gasteiger partial charge in [0, 0.05) is 24.3 Å². The van der Waals surface area contributed by atoms with Crippen LogP contribution in [-0.2, 0) is 6.67 Å². The van der Waals surface area contributed by atoms with Crippen molar-refractivity contribution in [2.75, 3.05) is 0 Å². The Labute approximate surface area is 112 Å². The van der Waals surface area contributed by atoms with Gasteiger partial charge in [0.05, 0.1) is 9.85 Å². The molecule has 2 rings (SSSR count). The second kappa shape index (κ2) is 5.43. The molecule has 0 aliphatic carbocycles. The molecule has 102 valence electrons. The summed E-state index contributed by atoms with van der Waals surface area (Å²) >= 11 is 0. The zero-order valence-electron chi connectivity index (χ0n) is 10.2. The molecule has 6 nitrogen and oxygen atoms in total. The summed E-state index contributed by atoms with van der Waals surface area (Å²) in [4.78, 5) is 20.1. The van der Waals surface area contributed by atoms with E-state index in [9.17, 15) is 24.6 Å². The molecule has 0 radical (unpaired) electrons. The van der Waals surface area contributed by atoms with Gasteiger partial charge in [0.1, 0.15) is 6.67 Å². The molecule has 0 heterocycles. The number of rotatable bonds is 4. The average molecular weight is 276 g/mol. The van der Waals surface area contributed by atoms with E-state index in [2.05, 4.69) is 0 Å². The summed E-state index contributed by atoms with van der Waals surface area (Å²) in [6, 6.07) is 9.45. The number of hydrogen-bond donors (Lipinski definition) is 0. The highest BCUT2D eigenvalue weighted by Crippen LogP contribution is 2.29. The van der Waals surface area contributed by atoms with Crippen LogP contribution < -0.4 is 0 Å². The van der Waals surface area contributed by atoms with Crippen LogP contribution in [0.15, 0.2) is 42.5 Å². The lowest BCUT2D eigenvalue weighted by molar-refractivity contribution is -0.385. The quantitative estimate of drug-likeness (QED) is 0.630. The van der Waals surface area contributed by atoms with Crippen molar-refractivity contribution in [3.05, 3.63) is 68.3 Å². The minimum Gasteiger partial charge on any atom is -0.258 e. The normalized spacial score (nSPS) is 10.2. The van der Waals surface area contributed by atoms with E-state index in [0.29, 0.717) is 11.1 Å². The highest BCUT2D eigenvalue weighted by Gasteiger charge is 2.13. The molecule has 0 atom stereocenters. The molecule has 2 aromatic carbocycles. The van der Waals surface area contributed by atoms with Gasteiger partial charge in [-0.1, -0.05) is 0 Å². The van der Waals surface area contributed by atoms with Gasteiger partial charge in [-0.15, -0.1) is 0 Å². The van der Waals surface area contributed by atoms with Crippen LogP contribution in [0.5, 0.6) is 0 Å². The minimum atomic E-state index is -0.853. The Morgan fingerprint density at radius 1 is 0.900 bits per heavy atom. The first-order chi connectivity index (χ1) is 9.52. The van der Waals surface area contributed by atoms with Crippen LogP contribution in [0.1, 0.15) is 5.56 Å².